The van der Waals surface area contributed by atoms with Crippen molar-refractivity contribution in [1.29, 1.82) is 0 Å². The van der Waals surface area contributed by atoms with Crippen LogP contribution in [0.2, 0.25) is 0 Å². The molecule has 0 radical (unpaired) electrons. The maximum absolute atomic E-state index is 6.07. The molecule has 0 fully saturated rings. The molecule has 0 saturated carbocycles. The molecule has 3 aromatic rings. The Morgan fingerprint density at radius 3 is 2.50 bits per heavy atom. The Balaban J connectivity index is 1.74. The van der Waals surface area contributed by atoms with Gasteiger partial charge in [-0.15, -0.1) is 11.3 Å². The first-order chi connectivity index (χ1) is 12.5. The van der Waals surface area contributed by atoms with Crippen molar-refractivity contribution in [2.24, 2.45) is 0 Å². The zero-order chi connectivity index (χ0) is 18.3. The Kier molecular flexibility index (Phi) is 4.44. The summed E-state index contributed by atoms with van der Waals surface area (Å²) in [5.74, 6) is 2.33. The van der Waals surface area contributed by atoms with Crippen LogP contribution < -0.4 is 9.47 Å². The Morgan fingerprint density at radius 2 is 1.73 bits per heavy atom. The molecule has 2 aromatic carbocycles. The highest BCUT2D eigenvalue weighted by atomic mass is 32.1. The molecule has 0 unspecified atom stereocenters. The topological polar surface area (TPSA) is 18.5 Å². The minimum Gasteiger partial charge on any atom is -0.486 e. The molecule has 0 N–H and O–H groups in total. The molecule has 1 aliphatic heterocycles. The standard InChI is InChI=1S/C23H26O2S/c1-15(2)17-10-9-16(21-22(17)25-12-11-24-21)13-23(3,4)19-14-26-20-8-6-5-7-18(19)20/h5-10,14-15H,11-13H2,1-4H3. The molecular formula is C23H26O2S. The molecule has 1 aromatic heterocycles. The third kappa shape index (κ3) is 2.99. The van der Waals surface area contributed by atoms with Crippen molar-refractivity contribution in [1.82, 2.24) is 0 Å². The van der Waals surface area contributed by atoms with E-state index in [1.54, 1.807) is 0 Å². The van der Waals surface area contributed by atoms with Crippen molar-refractivity contribution in [3.8, 4) is 11.5 Å². The van der Waals surface area contributed by atoms with Crippen LogP contribution in [0.15, 0.2) is 41.8 Å². The van der Waals surface area contributed by atoms with Crippen LogP contribution in [-0.4, -0.2) is 13.2 Å². The zero-order valence-electron chi connectivity index (χ0n) is 16.0. The van der Waals surface area contributed by atoms with Crippen molar-refractivity contribution >= 4 is 21.4 Å². The van der Waals surface area contributed by atoms with Crippen LogP contribution in [0.5, 0.6) is 11.5 Å². The summed E-state index contributed by atoms with van der Waals surface area (Å²) < 4.78 is 13.4. The van der Waals surface area contributed by atoms with Gasteiger partial charge in [0.05, 0.1) is 0 Å². The van der Waals surface area contributed by atoms with Crippen molar-refractivity contribution in [2.45, 2.75) is 45.4 Å². The molecule has 26 heavy (non-hydrogen) atoms. The Morgan fingerprint density at radius 1 is 1.00 bits per heavy atom. The van der Waals surface area contributed by atoms with Crippen LogP contribution in [0.3, 0.4) is 0 Å². The first-order valence-electron chi connectivity index (χ1n) is 9.35. The Hall–Kier alpha value is -2.00. The highest BCUT2D eigenvalue weighted by Crippen LogP contribution is 2.44. The van der Waals surface area contributed by atoms with E-state index in [0.717, 1.165) is 17.9 Å². The zero-order valence-corrected chi connectivity index (χ0v) is 16.8. The Labute approximate surface area is 159 Å². The summed E-state index contributed by atoms with van der Waals surface area (Å²) in [6.07, 6.45) is 0.928. The van der Waals surface area contributed by atoms with Crippen LogP contribution >= 0.6 is 11.3 Å². The minimum absolute atomic E-state index is 0.0214. The Bertz CT molecular complexity index is 937. The first-order valence-corrected chi connectivity index (χ1v) is 10.2. The number of hydrogen-bond donors (Lipinski definition) is 0. The average molecular weight is 367 g/mol. The van der Waals surface area contributed by atoms with Crippen LogP contribution in [0.1, 0.15) is 50.3 Å². The third-order valence-corrected chi connectivity index (χ3v) is 6.23. The van der Waals surface area contributed by atoms with E-state index in [2.05, 4.69) is 69.5 Å². The van der Waals surface area contributed by atoms with Crippen LogP contribution in [0.4, 0.5) is 0 Å². The van der Waals surface area contributed by atoms with Crippen LogP contribution in [0.25, 0.3) is 10.1 Å². The highest BCUT2D eigenvalue weighted by Gasteiger charge is 2.29. The van der Waals surface area contributed by atoms with Crippen LogP contribution in [0, 0.1) is 0 Å². The number of benzene rings is 2. The van der Waals surface area contributed by atoms with Gasteiger partial charge in [0.2, 0.25) is 0 Å². The molecule has 3 heteroatoms. The lowest BCUT2D eigenvalue weighted by atomic mass is 9.78. The summed E-state index contributed by atoms with van der Waals surface area (Å²) in [5.41, 5.74) is 3.91. The average Bonchev–Trinajstić information content (AvgIpc) is 3.06. The molecular weight excluding hydrogens is 340 g/mol. The molecule has 0 aliphatic carbocycles. The molecule has 2 heterocycles. The van der Waals surface area contributed by atoms with Gasteiger partial charge in [-0.3, -0.25) is 0 Å². The third-order valence-electron chi connectivity index (χ3n) is 5.26. The van der Waals surface area contributed by atoms with E-state index in [0.29, 0.717) is 19.1 Å². The van der Waals surface area contributed by atoms with Gasteiger partial charge < -0.3 is 9.47 Å². The lowest BCUT2D eigenvalue weighted by Gasteiger charge is -2.29. The van der Waals surface area contributed by atoms with Gasteiger partial charge in [-0.1, -0.05) is 58.0 Å². The molecule has 1 aliphatic rings. The second kappa shape index (κ2) is 6.62. The molecule has 0 amide bonds. The second-order valence-corrected chi connectivity index (χ2v) is 8.94. The fourth-order valence-electron chi connectivity index (χ4n) is 3.88. The first kappa shape index (κ1) is 17.4. The summed E-state index contributed by atoms with van der Waals surface area (Å²) >= 11 is 1.83. The highest BCUT2D eigenvalue weighted by molar-refractivity contribution is 7.17. The smallest absolute Gasteiger partial charge is 0.165 e. The molecule has 2 nitrogen and oxygen atoms in total. The van der Waals surface area contributed by atoms with E-state index in [9.17, 15) is 0 Å². The summed E-state index contributed by atoms with van der Waals surface area (Å²) in [4.78, 5) is 0. The van der Waals surface area contributed by atoms with Gasteiger partial charge in [0, 0.05) is 10.3 Å². The quantitative estimate of drug-likeness (QED) is 0.538. The van der Waals surface area contributed by atoms with E-state index in [1.165, 1.54) is 26.8 Å². The predicted octanol–water partition coefficient (Wildman–Crippen LogP) is 6.32. The maximum atomic E-state index is 6.07. The van der Waals surface area contributed by atoms with Gasteiger partial charge in [0.1, 0.15) is 13.2 Å². The molecule has 0 spiro atoms. The lowest BCUT2D eigenvalue weighted by Crippen LogP contribution is -2.23. The largest absolute Gasteiger partial charge is 0.486 e. The number of ether oxygens (including phenoxy) is 2. The molecule has 136 valence electrons. The summed E-state index contributed by atoms with van der Waals surface area (Å²) in [7, 11) is 0. The van der Waals surface area contributed by atoms with E-state index >= 15 is 0 Å². The van der Waals surface area contributed by atoms with Gasteiger partial charge in [0.15, 0.2) is 11.5 Å². The molecule has 0 saturated heterocycles. The summed E-state index contributed by atoms with van der Waals surface area (Å²) in [6.45, 7) is 10.3. The van der Waals surface area contributed by atoms with Crippen molar-refractivity contribution < 1.29 is 9.47 Å². The number of rotatable bonds is 4. The van der Waals surface area contributed by atoms with E-state index < -0.39 is 0 Å². The van der Waals surface area contributed by atoms with E-state index in [1.807, 2.05) is 11.3 Å². The van der Waals surface area contributed by atoms with Crippen LogP contribution in [-0.2, 0) is 11.8 Å². The van der Waals surface area contributed by atoms with Gasteiger partial charge in [-0.2, -0.15) is 0 Å². The summed E-state index contributed by atoms with van der Waals surface area (Å²) in [6, 6.07) is 13.1. The fraction of sp³-hybridized carbons (Fsp3) is 0.391. The number of fused-ring (bicyclic) bond motifs is 2. The maximum Gasteiger partial charge on any atom is 0.165 e. The molecule has 0 atom stereocenters. The van der Waals surface area contributed by atoms with Crippen molar-refractivity contribution in [3.63, 3.8) is 0 Å². The van der Waals surface area contributed by atoms with E-state index in [-0.39, 0.29) is 5.41 Å². The number of thiophene rings is 1. The molecule has 0 bridgehead atoms. The van der Waals surface area contributed by atoms with Crippen molar-refractivity contribution in [2.75, 3.05) is 13.2 Å². The van der Waals surface area contributed by atoms with Gasteiger partial charge >= 0.3 is 0 Å². The number of hydrogen-bond acceptors (Lipinski definition) is 3. The monoisotopic (exact) mass is 366 g/mol. The summed E-state index contributed by atoms with van der Waals surface area (Å²) in [5, 5.41) is 3.68. The van der Waals surface area contributed by atoms with Gasteiger partial charge in [0.25, 0.3) is 0 Å². The van der Waals surface area contributed by atoms with Crippen molar-refractivity contribution in [3.05, 3.63) is 58.5 Å². The normalized spacial score (nSPS) is 14.2. The fourth-order valence-corrected chi connectivity index (χ4v) is 5.03. The second-order valence-electron chi connectivity index (χ2n) is 8.03. The van der Waals surface area contributed by atoms with Gasteiger partial charge in [-0.25, -0.2) is 0 Å². The van der Waals surface area contributed by atoms with Gasteiger partial charge in [-0.05, 0) is 45.7 Å². The SMILES string of the molecule is CC(C)c1ccc(CC(C)(C)c2csc3ccccc23)c2c1OCCO2. The predicted molar refractivity (Wildman–Crippen MR) is 110 cm³/mol. The van der Waals surface area contributed by atoms with E-state index in [4.69, 9.17) is 9.47 Å². The minimum atomic E-state index is 0.0214. The molecule has 4 rings (SSSR count). The lowest BCUT2D eigenvalue weighted by molar-refractivity contribution is 0.167.